The maximum Gasteiger partial charge on any atom is 0.126 e. The SMILES string of the molecule is C[C@@H](Cc1ccc(CCc2ccc(O)cc2)cc1F)c1ccccc1. The van der Waals surface area contributed by atoms with Crippen molar-refractivity contribution in [2.24, 2.45) is 0 Å². The molecule has 0 aliphatic carbocycles. The van der Waals surface area contributed by atoms with Crippen LogP contribution in [0.25, 0.3) is 0 Å². The van der Waals surface area contributed by atoms with Crippen molar-refractivity contribution >= 4 is 0 Å². The van der Waals surface area contributed by atoms with Gasteiger partial charge in [0.15, 0.2) is 0 Å². The fourth-order valence-corrected chi connectivity index (χ4v) is 3.09. The number of hydrogen-bond acceptors (Lipinski definition) is 1. The van der Waals surface area contributed by atoms with Gasteiger partial charge in [-0.15, -0.1) is 0 Å². The van der Waals surface area contributed by atoms with Gasteiger partial charge in [-0.3, -0.25) is 0 Å². The van der Waals surface area contributed by atoms with Crippen LogP contribution in [-0.4, -0.2) is 5.11 Å². The Hall–Kier alpha value is -2.61. The van der Waals surface area contributed by atoms with Crippen LogP contribution in [0.5, 0.6) is 5.75 Å². The zero-order valence-corrected chi connectivity index (χ0v) is 14.5. The van der Waals surface area contributed by atoms with Crippen LogP contribution in [0.4, 0.5) is 4.39 Å². The predicted molar refractivity (Wildman–Crippen MR) is 100 cm³/mol. The standard InChI is InChI=1S/C23H23FO/c1-17(20-5-3-2-4-6-20)15-21-12-9-19(16-23(21)24)8-7-18-10-13-22(25)14-11-18/h2-6,9-14,16-17,25H,7-8,15H2,1H3/t17-/m0/s1. The summed E-state index contributed by atoms with van der Waals surface area (Å²) >= 11 is 0. The van der Waals surface area contributed by atoms with Crippen LogP contribution in [0.15, 0.2) is 72.8 Å². The zero-order chi connectivity index (χ0) is 17.6. The van der Waals surface area contributed by atoms with E-state index in [1.54, 1.807) is 18.2 Å². The Morgan fingerprint density at radius 3 is 2.16 bits per heavy atom. The molecular weight excluding hydrogens is 311 g/mol. The van der Waals surface area contributed by atoms with Crippen LogP contribution in [0.3, 0.4) is 0 Å². The molecule has 0 radical (unpaired) electrons. The van der Waals surface area contributed by atoms with Crippen molar-refractivity contribution < 1.29 is 9.50 Å². The van der Waals surface area contributed by atoms with Gasteiger partial charge in [-0.2, -0.15) is 0 Å². The maximum atomic E-state index is 14.5. The maximum absolute atomic E-state index is 14.5. The van der Waals surface area contributed by atoms with Crippen LogP contribution in [0, 0.1) is 5.82 Å². The monoisotopic (exact) mass is 334 g/mol. The lowest BCUT2D eigenvalue weighted by atomic mass is 9.92. The van der Waals surface area contributed by atoms with Gasteiger partial charge >= 0.3 is 0 Å². The van der Waals surface area contributed by atoms with Gasteiger partial charge < -0.3 is 5.11 Å². The summed E-state index contributed by atoms with van der Waals surface area (Å²) in [6, 6.07) is 23.0. The second-order valence-corrected chi connectivity index (χ2v) is 6.61. The molecule has 3 aromatic carbocycles. The molecule has 1 atom stereocenters. The molecule has 25 heavy (non-hydrogen) atoms. The summed E-state index contributed by atoms with van der Waals surface area (Å²) in [5.41, 5.74) is 4.14. The molecule has 3 aromatic rings. The number of aromatic hydroxyl groups is 1. The molecule has 0 saturated carbocycles. The summed E-state index contributed by atoms with van der Waals surface area (Å²) in [5, 5.41) is 9.31. The Kier molecular flexibility index (Phi) is 5.49. The largest absolute Gasteiger partial charge is 0.508 e. The van der Waals surface area contributed by atoms with Gasteiger partial charge in [0, 0.05) is 0 Å². The number of hydrogen-bond donors (Lipinski definition) is 1. The second kappa shape index (κ2) is 7.98. The van der Waals surface area contributed by atoms with Gasteiger partial charge in [0.2, 0.25) is 0 Å². The molecule has 3 rings (SSSR count). The third-order valence-corrected chi connectivity index (χ3v) is 4.65. The van der Waals surface area contributed by atoms with E-state index < -0.39 is 0 Å². The van der Waals surface area contributed by atoms with Gasteiger partial charge in [-0.05, 0) is 65.6 Å². The minimum Gasteiger partial charge on any atom is -0.508 e. The van der Waals surface area contributed by atoms with Crippen LogP contribution in [-0.2, 0) is 19.3 Å². The van der Waals surface area contributed by atoms with Crippen LogP contribution >= 0.6 is 0 Å². The average molecular weight is 334 g/mol. The van der Waals surface area contributed by atoms with E-state index in [4.69, 9.17) is 0 Å². The molecular formula is C23H23FO. The van der Waals surface area contributed by atoms with Crippen LogP contribution in [0.2, 0.25) is 0 Å². The Balaban J connectivity index is 1.63. The molecule has 1 N–H and O–H groups in total. The summed E-state index contributed by atoms with van der Waals surface area (Å²) in [5.74, 6) is 0.441. The summed E-state index contributed by atoms with van der Waals surface area (Å²) in [7, 11) is 0. The molecule has 0 amide bonds. The highest BCUT2D eigenvalue weighted by Crippen LogP contribution is 2.23. The molecule has 128 valence electrons. The van der Waals surface area contributed by atoms with E-state index in [9.17, 15) is 9.50 Å². The number of rotatable bonds is 6. The number of phenols is 1. The highest BCUT2D eigenvalue weighted by atomic mass is 19.1. The molecule has 0 aromatic heterocycles. The van der Waals surface area contributed by atoms with Crippen molar-refractivity contribution in [1.29, 1.82) is 0 Å². The van der Waals surface area contributed by atoms with Crippen molar-refractivity contribution in [2.75, 3.05) is 0 Å². The topological polar surface area (TPSA) is 20.2 Å². The molecule has 0 saturated heterocycles. The van der Waals surface area contributed by atoms with Crippen LogP contribution in [0.1, 0.15) is 35.1 Å². The van der Waals surface area contributed by atoms with E-state index in [0.29, 0.717) is 12.3 Å². The highest BCUT2D eigenvalue weighted by Gasteiger charge is 2.10. The lowest BCUT2D eigenvalue weighted by Gasteiger charge is -2.13. The Bertz CT molecular complexity index is 809. The molecule has 0 fully saturated rings. The third-order valence-electron chi connectivity index (χ3n) is 4.65. The van der Waals surface area contributed by atoms with Gasteiger partial charge in [0.25, 0.3) is 0 Å². The Labute approximate surface area is 148 Å². The third kappa shape index (κ3) is 4.69. The Morgan fingerprint density at radius 1 is 0.840 bits per heavy atom. The van der Waals surface area contributed by atoms with Gasteiger partial charge in [0.1, 0.15) is 11.6 Å². The van der Waals surface area contributed by atoms with Crippen LogP contribution < -0.4 is 0 Å². The van der Waals surface area contributed by atoms with Crippen molar-refractivity contribution in [3.8, 4) is 5.75 Å². The fraction of sp³-hybridized carbons (Fsp3) is 0.217. The van der Waals surface area contributed by atoms with Crippen molar-refractivity contribution in [3.05, 3.63) is 101 Å². The minimum absolute atomic E-state index is 0.119. The number of aryl methyl sites for hydroxylation is 2. The zero-order valence-electron chi connectivity index (χ0n) is 14.5. The summed E-state index contributed by atoms with van der Waals surface area (Å²) in [6.07, 6.45) is 2.32. The number of halogens is 1. The average Bonchev–Trinajstić information content (AvgIpc) is 2.64. The molecule has 0 spiro atoms. The number of phenolic OH excluding ortho intramolecular Hbond substituents is 1. The first kappa shape index (κ1) is 17.2. The van der Waals surface area contributed by atoms with Gasteiger partial charge in [-0.1, -0.05) is 61.5 Å². The highest BCUT2D eigenvalue weighted by molar-refractivity contribution is 5.30. The summed E-state index contributed by atoms with van der Waals surface area (Å²) in [6.45, 7) is 2.13. The fourth-order valence-electron chi connectivity index (χ4n) is 3.09. The van der Waals surface area contributed by atoms with Crippen molar-refractivity contribution in [1.82, 2.24) is 0 Å². The molecule has 0 unspecified atom stereocenters. The quantitative estimate of drug-likeness (QED) is 0.616. The molecule has 0 heterocycles. The molecule has 0 aliphatic heterocycles. The molecule has 2 heteroatoms. The summed E-state index contributed by atoms with van der Waals surface area (Å²) in [4.78, 5) is 0. The Morgan fingerprint density at radius 2 is 1.48 bits per heavy atom. The normalized spacial score (nSPS) is 12.1. The van der Waals surface area contributed by atoms with E-state index in [2.05, 4.69) is 19.1 Å². The first-order valence-electron chi connectivity index (χ1n) is 8.72. The van der Waals surface area contributed by atoms with Crippen molar-refractivity contribution in [3.63, 3.8) is 0 Å². The van der Waals surface area contributed by atoms with E-state index in [-0.39, 0.29) is 11.6 Å². The van der Waals surface area contributed by atoms with E-state index >= 15 is 0 Å². The van der Waals surface area contributed by atoms with Gasteiger partial charge in [-0.25, -0.2) is 4.39 Å². The smallest absolute Gasteiger partial charge is 0.126 e. The molecule has 1 nitrogen and oxygen atoms in total. The summed E-state index contributed by atoms with van der Waals surface area (Å²) < 4.78 is 14.5. The van der Waals surface area contributed by atoms with Crippen molar-refractivity contribution in [2.45, 2.75) is 32.1 Å². The molecule has 0 bridgehead atoms. The molecule has 0 aliphatic rings. The van der Waals surface area contributed by atoms with E-state index in [0.717, 1.165) is 29.5 Å². The minimum atomic E-state index is -0.119. The first-order valence-corrected chi connectivity index (χ1v) is 8.72. The van der Waals surface area contributed by atoms with Gasteiger partial charge in [0.05, 0.1) is 0 Å². The second-order valence-electron chi connectivity index (χ2n) is 6.61. The predicted octanol–water partition coefficient (Wildman–Crippen LogP) is 5.66. The first-order chi connectivity index (χ1) is 12.1. The lowest BCUT2D eigenvalue weighted by Crippen LogP contribution is -2.02. The lowest BCUT2D eigenvalue weighted by molar-refractivity contribution is 0.475. The van der Waals surface area contributed by atoms with E-state index in [1.165, 1.54) is 5.56 Å². The number of benzene rings is 3. The van der Waals surface area contributed by atoms with E-state index in [1.807, 2.05) is 42.5 Å².